The van der Waals surface area contributed by atoms with Gasteiger partial charge in [-0.25, -0.2) is 9.18 Å². The van der Waals surface area contributed by atoms with Gasteiger partial charge < -0.3 is 15.0 Å². The molecule has 114 valence electrons. The van der Waals surface area contributed by atoms with Gasteiger partial charge in [-0.3, -0.25) is 4.79 Å². The van der Waals surface area contributed by atoms with E-state index in [1.807, 2.05) is 0 Å². The van der Waals surface area contributed by atoms with E-state index in [-0.39, 0.29) is 17.4 Å². The van der Waals surface area contributed by atoms with Gasteiger partial charge in [-0.1, -0.05) is 6.08 Å². The van der Waals surface area contributed by atoms with Gasteiger partial charge in [-0.2, -0.15) is 0 Å². The Labute approximate surface area is 126 Å². The van der Waals surface area contributed by atoms with Crippen LogP contribution in [0.15, 0.2) is 36.9 Å². The molecule has 0 aliphatic heterocycles. The molecule has 3 rings (SSSR count). The number of halogens is 1. The highest BCUT2D eigenvalue weighted by atomic mass is 19.1. The number of benzene rings is 1. The van der Waals surface area contributed by atoms with Gasteiger partial charge in [0.05, 0.1) is 7.11 Å². The second-order valence-corrected chi connectivity index (χ2v) is 5.38. The number of aromatic amines is 1. The lowest BCUT2D eigenvalue weighted by Gasteiger charge is -2.15. The molecular formula is C16H15FN2O3. The zero-order valence-corrected chi connectivity index (χ0v) is 12.0. The molecule has 2 aromatic rings. The van der Waals surface area contributed by atoms with Crippen LogP contribution in [0.1, 0.15) is 16.9 Å². The van der Waals surface area contributed by atoms with E-state index in [9.17, 15) is 14.0 Å². The van der Waals surface area contributed by atoms with Gasteiger partial charge in [0.15, 0.2) is 0 Å². The first-order valence-corrected chi connectivity index (χ1v) is 6.82. The average Bonchev–Trinajstić information content (AvgIpc) is 3.05. The SMILES string of the molecule is C=CC1C[C@@]1(NC(=O)c1cc2cc(F)ccc2[nH]1)C(=O)OC. The molecule has 1 fully saturated rings. The van der Waals surface area contributed by atoms with Crippen molar-refractivity contribution in [3.8, 4) is 0 Å². The maximum atomic E-state index is 13.2. The summed E-state index contributed by atoms with van der Waals surface area (Å²) in [5, 5.41) is 3.29. The third-order valence-corrected chi connectivity index (χ3v) is 4.01. The van der Waals surface area contributed by atoms with E-state index in [4.69, 9.17) is 4.74 Å². The minimum atomic E-state index is -1.05. The predicted molar refractivity (Wildman–Crippen MR) is 78.8 cm³/mol. The summed E-state index contributed by atoms with van der Waals surface area (Å²) in [4.78, 5) is 27.2. The lowest BCUT2D eigenvalue weighted by atomic mass is 10.2. The van der Waals surface area contributed by atoms with Crippen molar-refractivity contribution in [3.05, 3.63) is 48.4 Å². The maximum Gasteiger partial charge on any atom is 0.332 e. The minimum Gasteiger partial charge on any atom is -0.467 e. The number of hydrogen-bond donors (Lipinski definition) is 2. The van der Waals surface area contributed by atoms with Crippen LogP contribution in [0.3, 0.4) is 0 Å². The summed E-state index contributed by atoms with van der Waals surface area (Å²) in [6.07, 6.45) is 2.08. The Kier molecular flexibility index (Phi) is 3.24. The Morgan fingerprint density at radius 2 is 2.27 bits per heavy atom. The highest BCUT2D eigenvalue weighted by Crippen LogP contribution is 2.45. The summed E-state index contributed by atoms with van der Waals surface area (Å²) in [6.45, 7) is 3.65. The van der Waals surface area contributed by atoms with Crippen molar-refractivity contribution in [1.29, 1.82) is 0 Å². The third kappa shape index (κ3) is 2.16. The van der Waals surface area contributed by atoms with Gasteiger partial charge in [-0.15, -0.1) is 6.58 Å². The maximum absolute atomic E-state index is 13.2. The van der Waals surface area contributed by atoms with E-state index in [0.717, 1.165) is 0 Å². The minimum absolute atomic E-state index is 0.147. The molecule has 22 heavy (non-hydrogen) atoms. The number of amides is 1. The summed E-state index contributed by atoms with van der Waals surface area (Å²) in [7, 11) is 1.28. The molecule has 1 aromatic heterocycles. The van der Waals surface area contributed by atoms with Crippen molar-refractivity contribution in [2.75, 3.05) is 7.11 Å². The number of aromatic nitrogens is 1. The van der Waals surface area contributed by atoms with Crippen LogP contribution < -0.4 is 5.32 Å². The lowest BCUT2D eigenvalue weighted by molar-refractivity contribution is -0.144. The fourth-order valence-corrected chi connectivity index (χ4v) is 2.68. The molecule has 1 aromatic carbocycles. The first kappa shape index (κ1) is 14.3. The molecule has 1 heterocycles. The average molecular weight is 302 g/mol. The molecule has 1 aliphatic rings. The molecule has 0 bridgehead atoms. The van der Waals surface area contributed by atoms with Crippen molar-refractivity contribution in [2.24, 2.45) is 5.92 Å². The molecular weight excluding hydrogens is 287 g/mol. The van der Waals surface area contributed by atoms with Gasteiger partial charge in [-0.05, 0) is 30.7 Å². The molecule has 1 aliphatic carbocycles. The van der Waals surface area contributed by atoms with Gasteiger partial charge in [0.25, 0.3) is 5.91 Å². The summed E-state index contributed by atoms with van der Waals surface area (Å²) < 4.78 is 17.9. The highest BCUT2D eigenvalue weighted by Gasteiger charge is 2.61. The molecule has 5 nitrogen and oxygen atoms in total. The second-order valence-electron chi connectivity index (χ2n) is 5.38. The van der Waals surface area contributed by atoms with Crippen molar-refractivity contribution < 1.29 is 18.7 Å². The number of rotatable bonds is 4. The number of H-pyrrole nitrogens is 1. The predicted octanol–water partition coefficient (Wildman–Crippen LogP) is 2.15. The van der Waals surface area contributed by atoms with E-state index in [2.05, 4.69) is 16.9 Å². The normalized spacial score (nSPS) is 23.1. The summed E-state index contributed by atoms with van der Waals surface area (Å²) in [5.41, 5.74) is -0.135. The Hall–Kier alpha value is -2.63. The quantitative estimate of drug-likeness (QED) is 0.671. The smallest absolute Gasteiger partial charge is 0.332 e. The van der Waals surface area contributed by atoms with Crippen LogP contribution in [0.25, 0.3) is 10.9 Å². The number of hydrogen-bond acceptors (Lipinski definition) is 3. The van der Waals surface area contributed by atoms with Crippen molar-refractivity contribution in [1.82, 2.24) is 10.3 Å². The zero-order valence-electron chi connectivity index (χ0n) is 12.0. The number of fused-ring (bicyclic) bond motifs is 1. The van der Waals surface area contributed by atoms with E-state index in [1.165, 1.54) is 19.2 Å². The third-order valence-electron chi connectivity index (χ3n) is 4.01. The van der Waals surface area contributed by atoms with Crippen molar-refractivity contribution in [3.63, 3.8) is 0 Å². The molecule has 1 unspecified atom stereocenters. The molecule has 1 saturated carbocycles. The molecule has 0 radical (unpaired) electrons. The molecule has 0 spiro atoms. The zero-order chi connectivity index (χ0) is 15.9. The van der Waals surface area contributed by atoms with Crippen LogP contribution in [0, 0.1) is 11.7 Å². The number of carbonyl (C=O) groups is 2. The fourth-order valence-electron chi connectivity index (χ4n) is 2.68. The number of methoxy groups -OCH3 is 1. The fraction of sp³-hybridized carbons (Fsp3) is 0.250. The van der Waals surface area contributed by atoms with E-state index >= 15 is 0 Å². The van der Waals surface area contributed by atoms with Crippen LogP contribution in [-0.2, 0) is 9.53 Å². The molecule has 1 amide bonds. The van der Waals surface area contributed by atoms with Crippen LogP contribution in [0.2, 0.25) is 0 Å². The summed E-state index contributed by atoms with van der Waals surface area (Å²) in [5.74, 6) is -1.46. The molecule has 6 heteroatoms. The van der Waals surface area contributed by atoms with Crippen LogP contribution in [-0.4, -0.2) is 29.5 Å². The number of ether oxygens (including phenoxy) is 1. The standard InChI is InChI=1S/C16H15FN2O3/c1-3-10-8-16(10,15(21)22-2)19-14(20)13-7-9-6-11(17)4-5-12(9)18-13/h3-7,10,18H,1,8H2,2H3,(H,19,20)/t10?,16-/m0/s1. The highest BCUT2D eigenvalue weighted by molar-refractivity contribution is 6.01. The Morgan fingerprint density at radius 1 is 1.50 bits per heavy atom. The van der Waals surface area contributed by atoms with Crippen molar-refractivity contribution >= 4 is 22.8 Å². The Morgan fingerprint density at radius 3 is 2.91 bits per heavy atom. The van der Waals surface area contributed by atoms with E-state index < -0.39 is 17.4 Å². The number of esters is 1. The number of carbonyl (C=O) groups excluding carboxylic acids is 2. The van der Waals surface area contributed by atoms with Crippen LogP contribution >= 0.6 is 0 Å². The lowest BCUT2D eigenvalue weighted by Crippen LogP contribution is -2.45. The topological polar surface area (TPSA) is 71.2 Å². The van der Waals surface area contributed by atoms with Gasteiger partial charge in [0, 0.05) is 16.8 Å². The number of nitrogens with one attached hydrogen (secondary N) is 2. The first-order valence-electron chi connectivity index (χ1n) is 6.82. The van der Waals surface area contributed by atoms with Crippen molar-refractivity contribution in [2.45, 2.75) is 12.0 Å². The monoisotopic (exact) mass is 302 g/mol. The van der Waals surface area contributed by atoms with Crippen LogP contribution in [0.4, 0.5) is 4.39 Å². The Bertz CT molecular complexity index is 783. The van der Waals surface area contributed by atoms with Gasteiger partial charge in [0.2, 0.25) is 0 Å². The molecule has 2 N–H and O–H groups in total. The van der Waals surface area contributed by atoms with E-state index in [0.29, 0.717) is 17.3 Å². The van der Waals surface area contributed by atoms with Crippen LogP contribution in [0.5, 0.6) is 0 Å². The van der Waals surface area contributed by atoms with Gasteiger partial charge >= 0.3 is 5.97 Å². The van der Waals surface area contributed by atoms with E-state index in [1.54, 1.807) is 18.2 Å². The first-order chi connectivity index (χ1) is 10.5. The largest absolute Gasteiger partial charge is 0.467 e. The summed E-state index contributed by atoms with van der Waals surface area (Å²) in [6, 6.07) is 5.75. The molecule has 0 saturated heterocycles. The molecule has 2 atom stereocenters. The Balaban J connectivity index is 1.86. The second kappa shape index (κ2) is 4.98. The summed E-state index contributed by atoms with van der Waals surface area (Å²) >= 11 is 0. The van der Waals surface area contributed by atoms with Gasteiger partial charge in [0.1, 0.15) is 17.1 Å².